The van der Waals surface area contributed by atoms with Crippen LogP contribution < -0.4 is 5.32 Å². The van der Waals surface area contributed by atoms with E-state index in [9.17, 15) is 5.11 Å². The van der Waals surface area contributed by atoms with Crippen LogP contribution in [0.15, 0.2) is 42.5 Å². The third kappa shape index (κ3) is 2.46. The molecule has 3 heteroatoms. The molecule has 0 bridgehead atoms. The van der Waals surface area contributed by atoms with Crippen molar-refractivity contribution in [3.05, 3.63) is 64.2 Å². The molecule has 0 heterocycles. The van der Waals surface area contributed by atoms with E-state index in [4.69, 9.17) is 11.6 Å². The van der Waals surface area contributed by atoms with Crippen molar-refractivity contribution in [2.24, 2.45) is 0 Å². The van der Waals surface area contributed by atoms with Gasteiger partial charge in [0, 0.05) is 24.6 Å². The molecule has 0 saturated heterocycles. The molecule has 1 aliphatic rings. The number of para-hydroxylation sites is 1. The van der Waals surface area contributed by atoms with Crippen molar-refractivity contribution in [2.75, 3.05) is 6.54 Å². The fraction of sp³-hybridized carbons (Fsp3) is 0.250. The van der Waals surface area contributed by atoms with Crippen LogP contribution in [0.4, 0.5) is 0 Å². The highest BCUT2D eigenvalue weighted by Crippen LogP contribution is 2.34. The van der Waals surface area contributed by atoms with Gasteiger partial charge < -0.3 is 10.4 Å². The summed E-state index contributed by atoms with van der Waals surface area (Å²) in [6.07, 6.45) is 1.14. The van der Waals surface area contributed by atoms with Crippen molar-refractivity contribution in [2.45, 2.75) is 18.9 Å². The Morgan fingerprint density at radius 3 is 2.84 bits per heavy atom. The number of phenolic OH excluding ortho intramolecular Hbond substituents is 1. The third-order valence-corrected chi connectivity index (χ3v) is 4.04. The first-order valence-corrected chi connectivity index (χ1v) is 6.88. The first kappa shape index (κ1) is 12.5. The first-order chi connectivity index (χ1) is 9.25. The molecular weight excluding hydrogens is 258 g/mol. The number of hydrogen-bond acceptors (Lipinski definition) is 2. The van der Waals surface area contributed by atoms with E-state index < -0.39 is 0 Å². The van der Waals surface area contributed by atoms with E-state index in [0.717, 1.165) is 18.5 Å². The molecule has 2 nitrogen and oxygen atoms in total. The van der Waals surface area contributed by atoms with Crippen LogP contribution in [-0.2, 0) is 13.0 Å². The summed E-state index contributed by atoms with van der Waals surface area (Å²) in [6.45, 7) is 1.58. The van der Waals surface area contributed by atoms with Gasteiger partial charge in [0.05, 0.1) is 5.02 Å². The molecule has 0 spiro atoms. The van der Waals surface area contributed by atoms with Gasteiger partial charge in [0.1, 0.15) is 5.75 Å². The average molecular weight is 274 g/mol. The van der Waals surface area contributed by atoms with Crippen LogP contribution in [0.3, 0.4) is 0 Å². The molecule has 0 fully saturated rings. The molecule has 2 aromatic carbocycles. The number of benzene rings is 2. The topological polar surface area (TPSA) is 32.3 Å². The molecule has 1 unspecified atom stereocenters. The number of nitrogens with one attached hydrogen (secondary N) is 1. The van der Waals surface area contributed by atoms with Gasteiger partial charge in [0.2, 0.25) is 0 Å². The summed E-state index contributed by atoms with van der Waals surface area (Å²) in [5.41, 5.74) is 3.75. The number of hydrogen-bond donors (Lipinski definition) is 2. The minimum Gasteiger partial charge on any atom is -0.506 e. The first-order valence-electron chi connectivity index (χ1n) is 6.50. The quantitative estimate of drug-likeness (QED) is 0.894. The Morgan fingerprint density at radius 1 is 1.16 bits per heavy atom. The maximum Gasteiger partial charge on any atom is 0.138 e. The van der Waals surface area contributed by atoms with Gasteiger partial charge in [-0.2, -0.15) is 0 Å². The summed E-state index contributed by atoms with van der Waals surface area (Å²) in [6, 6.07) is 14.0. The van der Waals surface area contributed by atoms with Crippen molar-refractivity contribution in [3.63, 3.8) is 0 Å². The molecule has 2 N–H and O–H groups in total. The standard InChI is InChI=1S/C16H16ClNO/c17-15-7-3-5-12(16(15)19)9-18-10-13-8-11-4-1-2-6-14(11)13/h1-7,13,18-19H,8-10H2. The fourth-order valence-electron chi connectivity index (χ4n) is 2.63. The highest BCUT2D eigenvalue weighted by Gasteiger charge is 2.24. The van der Waals surface area contributed by atoms with Gasteiger partial charge in [0.15, 0.2) is 0 Å². The lowest BCUT2D eigenvalue weighted by Gasteiger charge is -2.30. The molecule has 2 aromatic rings. The molecule has 0 aromatic heterocycles. The fourth-order valence-corrected chi connectivity index (χ4v) is 2.82. The summed E-state index contributed by atoms with van der Waals surface area (Å²) in [5, 5.41) is 13.6. The summed E-state index contributed by atoms with van der Waals surface area (Å²) in [7, 11) is 0. The largest absolute Gasteiger partial charge is 0.506 e. The van der Waals surface area contributed by atoms with Crippen LogP contribution in [0.5, 0.6) is 5.75 Å². The Hall–Kier alpha value is -1.51. The Kier molecular flexibility index (Phi) is 3.45. The average Bonchev–Trinajstić information content (AvgIpc) is 2.39. The minimum atomic E-state index is 0.186. The Bertz CT molecular complexity index is 597. The van der Waals surface area contributed by atoms with Crippen LogP contribution >= 0.6 is 11.6 Å². The van der Waals surface area contributed by atoms with Crippen molar-refractivity contribution in [1.29, 1.82) is 0 Å². The predicted octanol–water partition coefficient (Wildman–Crippen LogP) is 3.48. The van der Waals surface area contributed by atoms with Crippen LogP contribution in [0, 0.1) is 0 Å². The van der Waals surface area contributed by atoms with Crippen molar-refractivity contribution in [3.8, 4) is 5.75 Å². The predicted molar refractivity (Wildman–Crippen MR) is 77.7 cm³/mol. The molecule has 0 saturated carbocycles. The molecule has 1 aliphatic carbocycles. The van der Waals surface area contributed by atoms with Crippen LogP contribution in [0.25, 0.3) is 0 Å². The van der Waals surface area contributed by atoms with Gasteiger partial charge in [0.25, 0.3) is 0 Å². The van der Waals surface area contributed by atoms with E-state index in [-0.39, 0.29) is 5.75 Å². The van der Waals surface area contributed by atoms with E-state index in [2.05, 4.69) is 29.6 Å². The molecule has 0 radical (unpaired) electrons. The zero-order chi connectivity index (χ0) is 13.2. The Balaban J connectivity index is 1.56. The van der Waals surface area contributed by atoms with E-state index >= 15 is 0 Å². The maximum atomic E-state index is 9.82. The second-order valence-electron chi connectivity index (χ2n) is 4.98. The zero-order valence-electron chi connectivity index (χ0n) is 10.6. The minimum absolute atomic E-state index is 0.186. The van der Waals surface area contributed by atoms with E-state index in [1.807, 2.05) is 12.1 Å². The zero-order valence-corrected chi connectivity index (χ0v) is 11.3. The molecule has 0 aliphatic heterocycles. The monoisotopic (exact) mass is 273 g/mol. The van der Waals surface area contributed by atoms with Crippen LogP contribution in [0.1, 0.15) is 22.6 Å². The van der Waals surface area contributed by atoms with Gasteiger partial charge in [-0.05, 0) is 23.6 Å². The molecule has 98 valence electrons. The molecule has 0 amide bonds. The molecular formula is C16H16ClNO. The van der Waals surface area contributed by atoms with Gasteiger partial charge in [-0.3, -0.25) is 0 Å². The number of phenols is 1. The summed E-state index contributed by atoms with van der Waals surface area (Å²) >= 11 is 5.88. The normalized spacial score (nSPS) is 16.8. The highest BCUT2D eigenvalue weighted by molar-refractivity contribution is 6.32. The number of aromatic hydroxyl groups is 1. The van der Waals surface area contributed by atoms with Gasteiger partial charge in [-0.15, -0.1) is 0 Å². The Labute approximate surface area is 118 Å². The summed E-state index contributed by atoms with van der Waals surface area (Å²) in [5.74, 6) is 0.781. The van der Waals surface area contributed by atoms with E-state index in [0.29, 0.717) is 17.5 Å². The second kappa shape index (κ2) is 5.24. The van der Waals surface area contributed by atoms with Gasteiger partial charge in [-0.1, -0.05) is 48.0 Å². The highest BCUT2D eigenvalue weighted by atomic mass is 35.5. The lowest BCUT2D eigenvalue weighted by Crippen LogP contribution is -2.28. The number of fused-ring (bicyclic) bond motifs is 1. The summed E-state index contributed by atoms with van der Waals surface area (Å²) in [4.78, 5) is 0. The van der Waals surface area contributed by atoms with Crippen LogP contribution in [-0.4, -0.2) is 11.7 Å². The smallest absolute Gasteiger partial charge is 0.138 e. The maximum absolute atomic E-state index is 9.82. The van der Waals surface area contributed by atoms with Gasteiger partial charge in [-0.25, -0.2) is 0 Å². The second-order valence-corrected chi connectivity index (χ2v) is 5.39. The van der Waals surface area contributed by atoms with Crippen LogP contribution in [0.2, 0.25) is 5.02 Å². The number of rotatable bonds is 4. The third-order valence-electron chi connectivity index (χ3n) is 3.74. The lowest BCUT2D eigenvalue weighted by atomic mass is 9.77. The molecule has 1 atom stereocenters. The number of halogens is 1. The van der Waals surface area contributed by atoms with Crippen molar-refractivity contribution >= 4 is 11.6 Å². The van der Waals surface area contributed by atoms with E-state index in [1.165, 1.54) is 11.1 Å². The molecule has 3 rings (SSSR count). The SMILES string of the molecule is Oc1c(Cl)cccc1CNCC1Cc2ccccc21. The lowest BCUT2D eigenvalue weighted by molar-refractivity contribution is 0.461. The van der Waals surface area contributed by atoms with E-state index in [1.54, 1.807) is 6.07 Å². The summed E-state index contributed by atoms with van der Waals surface area (Å²) < 4.78 is 0. The molecule has 19 heavy (non-hydrogen) atoms. The van der Waals surface area contributed by atoms with Gasteiger partial charge >= 0.3 is 0 Å². The van der Waals surface area contributed by atoms with Crippen molar-refractivity contribution < 1.29 is 5.11 Å². The van der Waals surface area contributed by atoms with Crippen molar-refractivity contribution in [1.82, 2.24) is 5.32 Å². The Morgan fingerprint density at radius 2 is 2.00 bits per heavy atom.